The Balaban J connectivity index is 2.13. The first kappa shape index (κ1) is 13.8. The van der Waals surface area contributed by atoms with E-state index >= 15 is 0 Å². The summed E-state index contributed by atoms with van der Waals surface area (Å²) in [6, 6.07) is 6.98. The lowest BCUT2D eigenvalue weighted by atomic mass is 10.4. The van der Waals surface area contributed by atoms with E-state index in [2.05, 4.69) is 4.98 Å². The molecule has 7 heteroatoms. The van der Waals surface area contributed by atoms with E-state index in [0.29, 0.717) is 14.9 Å². The van der Waals surface area contributed by atoms with Crippen molar-refractivity contribution in [2.75, 3.05) is 0 Å². The summed E-state index contributed by atoms with van der Waals surface area (Å²) < 4.78 is 0.906. The van der Waals surface area contributed by atoms with Crippen LogP contribution in [0.4, 0.5) is 0 Å². The number of carboxylic acid groups (broad SMARTS) is 1. The normalized spacial score (nSPS) is 11.1. The lowest BCUT2D eigenvalue weighted by Gasteiger charge is -2.04. The summed E-state index contributed by atoms with van der Waals surface area (Å²) in [5.41, 5.74) is 0.987. The number of hydrogen-bond donors (Lipinski definition) is 2. The zero-order valence-corrected chi connectivity index (χ0v) is 13.0. The summed E-state index contributed by atoms with van der Waals surface area (Å²) in [6.07, 6.45) is 0. The molecule has 3 rings (SSSR count). The van der Waals surface area contributed by atoms with Crippen LogP contribution in [0.5, 0.6) is 0 Å². The van der Waals surface area contributed by atoms with Crippen LogP contribution in [0.25, 0.3) is 10.2 Å². The van der Waals surface area contributed by atoms with E-state index in [-0.39, 0.29) is 5.69 Å². The highest BCUT2D eigenvalue weighted by Gasteiger charge is 2.20. The minimum absolute atomic E-state index is 0.174. The SMILES string of the molecule is O=C(O)c1[nH]c2ccsc2c1Sc1cc(Cl)ccc1Cl. The molecular weight excluding hydrogens is 337 g/mol. The maximum absolute atomic E-state index is 11.3. The van der Waals surface area contributed by atoms with Crippen molar-refractivity contribution in [1.29, 1.82) is 0 Å². The van der Waals surface area contributed by atoms with E-state index in [1.165, 1.54) is 23.1 Å². The third-order valence-electron chi connectivity index (χ3n) is 2.68. The maximum atomic E-state index is 11.3. The van der Waals surface area contributed by atoms with Crippen LogP contribution < -0.4 is 0 Å². The van der Waals surface area contributed by atoms with Crippen LogP contribution in [0.15, 0.2) is 39.4 Å². The summed E-state index contributed by atoms with van der Waals surface area (Å²) in [5.74, 6) is -0.992. The summed E-state index contributed by atoms with van der Waals surface area (Å²) in [5, 5.41) is 12.3. The summed E-state index contributed by atoms with van der Waals surface area (Å²) >= 11 is 14.9. The van der Waals surface area contributed by atoms with Gasteiger partial charge in [0.25, 0.3) is 0 Å². The number of hydrogen-bond acceptors (Lipinski definition) is 3. The quantitative estimate of drug-likeness (QED) is 0.670. The van der Waals surface area contributed by atoms with Gasteiger partial charge in [0, 0.05) is 9.92 Å². The minimum Gasteiger partial charge on any atom is -0.477 e. The first-order chi connectivity index (χ1) is 9.56. The Kier molecular flexibility index (Phi) is 3.69. The number of carbonyl (C=O) groups is 1. The number of fused-ring (bicyclic) bond motifs is 1. The highest BCUT2D eigenvalue weighted by molar-refractivity contribution is 8.00. The Bertz CT molecular complexity index is 810. The van der Waals surface area contributed by atoms with Gasteiger partial charge >= 0.3 is 5.97 Å². The molecule has 20 heavy (non-hydrogen) atoms. The largest absolute Gasteiger partial charge is 0.477 e. The lowest BCUT2D eigenvalue weighted by Crippen LogP contribution is -1.98. The molecule has 2 heterocycles. The van der Waals surface area contributed by atoms with Crippen molar-refractivity contribution in [3.63, 3.8) is 0 Å². The second-order valence-electron chi connectivity index (χ2n) is 3.97. The molecule has 0 radical (unpaired) electrons. The first-order valence-electron chi connectivity index (χ1n) is 5.51. The molecule has 0 spiro atoms. The van der Waals surface area contributed by atoms with Gasteiger partial charge in [-0.1, -0.05) is 35.0 Å². The zero-order chi connectivity index (χ0) is 14.3. The fourth-order valence-corrected chi connectivity index (χ4v) is 4.35. The van der Waals surface area contributed by atoms with E-state index in [4.69, 9.17) is 23.2 Å². The van der Waals surface area contributed by atoms with Crippen LogP contribution in [0.3, 0.4) is 0 Å². The van der Waals surface area contributed by atoms with Gasteiger partial charge in [0.15, 0.2) is 0 Å². The van der Waals surface area contributed by atoms with Gasteiger partial charge in [0.05, 0.1) is 20.1 Å². The van der Waals surface area contributed by atoms with Crippen molar-refractivity contribution in [3.05, 3.63) is 45.4 Å². The van der Waals surface area contributed by atoms with E-state index in [0.717, 1.165) is 15.1 Å². The molecule has 1 aromatic carbocycles. The van der Waals surface area contributed by atoms with Crippen LogP contribution in [-0.2, 0) is 0 Å². The molecule has 0 unspecified atom stereocenters. The molecule has 102 valence electrons. The Hall–Kier alpha value is -1.14. The zero-order valence-electron chi connectivity index (χ0n) is 9.81. The molecule has 0 bridgehead atoms. The highest BCUT2D eigenvalue weighted by atomic mass is 35.5. The molecule has 0 fully saturated rings. The third-order valence-corrected chi connectivity index (χ3v) is 5.59. The van der Waals surface area contributed by atoms with Gasteiger partial charge in [-0.05, 0) is 29.6 Å². The van der Waals surface area contributed by atoms with E-state index in [1.807, 2.05) is 11.4 Å². The van der Waals surface area contributed by atoms with Crippen molar-refractivity contribution in [1.82, 2.24) is 4.98 Å². The van der Waals surface area contributed by atoms with Gasteiger partial charge in [-0.3, -0.25) is 0 Å². The molecular formula is C13H7Cl2NO2S2. The number of carboxylic acids is 1. The van der Waals surface area contributed by atoms with E-state index < -0.39 is 5.97 Å². The fraction of sp³-hybridized carbons (Fsp3) is 0. The molecule has 3 nitrogen and oxygen atoms in total. The smallest absolute Gasteiger partial charge is 0.353 e. The van der Waals surface area contributed by atoms with Crippen LogP contribution in [-0.4, -0.2) is 16.1 Å². The van der Waals surface area contributed by atoms with Gasteiger partial charge in [-0.15, -0.1) is 11.3 Å². The Morgan fingerprint density at radius 3 is 2.85 bits per heavy atom. The number of benzene rings is 1. The Labute approximate surface area is 132 Å². The van der Waals surface area contributed by atoms with Gasteiger partial charge in [0.1, 0.15) is 5.69 Å². The predicted molar refractivity (Wildman–Crippen MR) is 83.7 cm³/mol. The van der Waals surface area contributed by atoms with Crippen molar-refractivity contribution in [3.8, 4) is 0 Å². The first-order valence-corrected chi connectivity index (χ1v) is 7.97. The molecule has 0 saturated heterocycles. The summed E-state index contributed by atoms with van der Waals surface area (Å²) in [6.45, 7) is 0. The second kappa shape index (κ2) is 5.33. The van der Waals surface area contributed by atoms with Gasteiger partial charge in [-0.25, -0.2) is 4.79 Å². The van der Waals surface area contributed by atoms with Gasteiger partial charge in [0.2, 0.25) is 0 Å². The molecule has 2 aromatic heterocycles. The molecule has 3 aromatic rings. The number of aromatic amines is 1. The molecule has 2 N–H and O–H groups in total. The number of H-pyrrole nitrogens is 1. The number of aromatic nitrogens is 1. The molecule has 0 aliphatic heterocycles. The molecule has 0 atom stereocenters. The number of rotatable bonds is 3. The average molecular weight is 344 g/mol. The topological polar surface area (TPSA) is 53.1 Å². The summed E-state index contributed by atoms with van der Waals surface area (Å²) in [7, 11) is 0. The van der Waals surface area contributed by atoms with Crippen LogP contribution in [0.2, 0.25) is 10.0 Å². The van der Waals surface area contributed by atoms with Crippen LogP contribution in [0.1, 0.15) is 10.5 Å². The number of halogens is 2. The number of thiophene rings is 1. The fourth-order valence-electron chi connectivity index (χ4n) is 1.80. The van der Waals surface area contributed by atoms with E-state index in [1.54, 1.807) is 18.2 Å². The third kappa shape index (κ3) is 2.42. The van der Waals surface area contributed by atoms with Crippen molar-refractivity contribution in [2.24, 2.45) is 0 Å². The van der Waals surface area contributed by atoms with Gasteiger partial charge in [-0.2, -0.15) is 0 Å². The summed E-state index contributed by atoms with van der Waals surface area (Å²) in [4.78, 5) is 15.6. The van der Waals surface area contributed by atoms with Crippen molar-refractivity contribution < 1.29 is 9.90 Å². The minimum atomic E-state index is -0.992. The van der Waals surface area contributed by atoms with Crippen molar-refractivity contribution in [2.45, 2.75) is 9.79 Å². The van der Waals surface area contributed by atoms with Gasteiger partial charge < -0.3 is 10.1 Å². The Morgan fingerprint density at radius 2 is 2.10 bits per heavy atom. The monoisotopic (exact) mass is 343 g/mol. The van der Waals surface area contributed by atoms with Crippen LogP contribution in [0, 0.1) is 0 Å². The average Bonchev–Trinajstić information content (AvgIpc) is 2.96. The molecule has 0 aliphatic rings. The molecule has 0 saturated carbocycles. The van der Waals surface area contributed by atoms with E-state index in [9.17, 15) is 9.90 Å². The standard InChI is InChI=1S/C13H7Cl2NO2S2/c14-6-1-2-7(15)9(5-6)20-12-10(13(17)18)16-8-3-4-19-11(8)12/h1-5,16H,(H,17,18). The number of nitrogens with one attached hydrogen (secondary N) is 1. The number of aromatic carboxylic acids is 1. The van der Waals surface area contributed by atoms with Crippen LogP contribution >= 0.6 is 46.3 Å². The maximum Gasteiger partial charge on any atom is 0.353 e. The van der Waals surface area contributed by atoms with Crippen molar-refractivity contribution >= 4 is 62.5 Å². The lowest BCUT2D eigenvalue weighted by molar-refractivity contribution is 0.0688. The highest BCUT2D eigenvalue weighted by Crippen LogP contribution is 2.42. The second-order valence-corrected chi connectivity index (χ2v) is 6.79. The predicted octanol–water partition coefficient (Wildman–Crippen LogP) is 5.39. The Morgan fingerprint density at radius 1 is 1.30 bits per heavy atom. The molecule has 0 amide bonds. The molecule has 0 aliphatic carbocycles.